The van der Waals surface area contributed by atoms with E-state index in [2.05, 4.69) is 25.7 Å². The maximum absolute atomic E-state index is 11.6. The molecule has 0 aromatic heterocycles. The van der Waals surface area contributed by atoms with Crippen LogP contribution in [0.5, 0.6) is 0 Å². The van der Waals surface area contributed by atoms with Crippen molar-refractivity contribution in [2.45, 2.75) is 71.0 Å². The summed E-state index contributed by atoms with van der Waals surface area (Å²) in [5.41, 5.74) is 1.03. The van der Waals surface area contributed by atoms with Gasteiger partial charge >= 0.3 is 0 Å². The highest BCUT2D eigenvalue weighted by Gasteiger charge is 2.16. The van der Waals surface area contributed by atoms with Crippen LogP contribution >= 0.6 is 0 Å². The molecule has 0 heterocycles. The van der Waals surface area contributed by atoms with Crippen LogP contribution in [-0.2, 0) is 14.0 Å². The zero-order valence-electron chi connectivity index (χ0n) is 13.2. The first kappa shape index (κ1) is 17.3. The van der Waals surface area contributed by atoms with Crippen molar-refractivity contribution in [2.24, 2.45) is 0 Å². The molecule has 0 amide bonds. The normalized spacial score (nSPS) is 15.6. The van der Waals surface area contributed by atoms with Crippen LogP contribution in [0.15, 0.2) is 11.6 Å². The summed E-state index contributed by atoms with van der Waals surface area (Å²) in [6.45, 7) is 6.58. The maximum Gasteiger partial charge on any atom is 0.184 e. The van der Waals surface area contributed by atoms with Crippen molar-refractivity contribution >= 4 is 19.9 Å². The van der Waals surface area contributed by atoms with Gasteiger partial charge in [-0.1, -0.05) is 18.9 Å². The largest absolute Gasteiger partial charge is 0.410 e. The maximum atomic E-state index is 11.6. The molecular weight excluding hydrogens is 268 g/mol. The molecule has 0 bridgehead atoms. The number of ketones is 2. The highest BCUT2D eigenvalue weighted by Crippen LogP contribution is 2.20. The van der Waals surface area contributed by atoms with Crippen LogP contribution in [0.3, 0.4) is 0 Å². The molecule has 0 unspecified atom stereocenters. The summed E-state index contributed by atoms with van der Waals surface area (Å²) in [6.07, 6.45) is 9.46. The first-order valence-corrected chi connectivity index (χ1v) is 11.2. The second-order valence-electron chi connectivity index (χ2n) is 6.55. The van der Waals surface area contributed by atoms with Gasteiger partial charge in [0.1, 0.15) is 0 Å². The van der Waals surface area contributed by atoms with Gasteiger partial charge in [0.05, 0.1) is 6.61 Å². The standard InChI is InChI=1S/C16H28O3Si/c1-20(2,3)19-13-15(17)11-7-5-4-6-9-14-10-8-12-16(14)18/h10H,4-9,11-13H2,1-3H3. The molecule has 1 aliphatic rings. The molecular formula is C16H28O3Si. The number of hydrogen-bond donors (Lipinski definition) is 0. The van der Waals surface area contributed by atoms with E-state index in [9.17, 15) is 9.59 Å². The first-order chi connectivity index (χ1) is 9.38. The van der Waals surface area contributed by atoms with E-state index in [4.69, 9.17) is 4.43 Å². The predicted molar refractivity (Wildman–Crippen MR) is 84.3 cm³/mol. The van der Waals surface area contributed by atoms with E-state index < -0.39 is 8.32 Å². The van der Waals surface area contributed by atoms with Crippen molar-refractivity contribution in [3.63, 3.8) is 0 Å². The Bertz CT molecular complexity index is 366. The van der Waals surface area contributed by atoms with Crippen LogP contribution in [-0.4, -0.2) is 26.5 Å². The van der Waals surface area contributed by atoms with E-state index >= 15 is 0 Å². The molecule has 0 fully saturated rings. The Hall–Kier alpha value is -0.743. The second kappa shape index (κ2) is 8.52. The predicted octanol–water partition coefficient (Wildman–Crippen LogP) is 4.04. The van der Waals surface area contributed by atoms with Crippen LogP contribution in [0.1, 0.15) is 51.4 Å². The van der Waals surface area contributed by atoms with Gasteiger partial charge in [-0.05, 0) is 50.9 Å². The molecule has 20 heavy (non-hydrogen) atoms. The summed E-state index contributed by atoms with van der Waals surface area (Å²) in [7, 11) is -1.56. The van der Waals surface area contributed by atoms with Gasteiger partial charge in [0.2, 0.25) is 0 Å². The summed E-state index contributed by atoms with van der Waals surface area (Å²) >= 11 is 0. The van der Waals surface area contributed by atoms with E-state index in [1.54, 1.807) is 0 Å². The van der Waals surface area contributed by atoms with E-state index in [1.807, 2.05) is 0 Å². The van der Waals surface area contributed by atoms with Crippen molar-refractivity contribution in [3.8, 4) is 0 Å². The number of carbonyl (C=O) groups is 2. The topological polar surface area (TPSA) is 43.4 Å². The molecule has 0 atom stereocenters. The average molecular weight is 296 g/mol. The Morgan fingerprint density at radius 1 is 1.20 bits per heavy atom. The summed E-state index contributed by atoms with van der Waals surface area (Å²) < 4.78 is 5.59. The molecule has 4 heteroatoms. The van der Waals surface area contributed by atoms with Crippen molar-refractivity contribution in [1.82, 2.24) is 0 Å². The second-order valence-corrected chi connectivity index (χ2v) is 11.1. The lowest BCUT2D eigenvalue weighted by atomic mass is 10.0. The van der Waals surface area contributed by atoms with Gasteiger partial charge in [-0.2, -0.15) is 0 Å². The van der Waals surface area contributed by atoms with Crippen molar-refractivity contribution < 1.29 is 14.0 Å². The highest BCUT2D eigenvalue weighted by atomic mass is 28.4. The van der Waals surface area contributed by atoms with E-state index in [1.165, 1.54) is 0 Å². The Morgan fingerprint density at radius 3 is 2.50 bits per heavy atom. The zero-order chi connectivity index (χ0) is 15.0. The molecule has 0 saturated carbocycles. The Labute approximate surface area is 123 Å². The van der Waals surface area contributed by atoms with Crippen molar-refractivity contribution in [1.29, 1.82) is 0 Å². The minimum absolute atomic E-state index is 0.223. The number of unbranched alkanes of at least 4 members (excludes halogenated alkanes) is 3. The van der Waals surface area contributed by atoms with E-state index in [0.717, 1.165) is 44.1 Å². The Morgan fingerprint density at radius 2 is 1.90 bits per heavy atom. The Kier molecular flexibility index (Phi) is 7.38. The number of allylic oxidation sites excluding steroid dienone is 2. The third kappa shape index (κ3) is 7.75. The molecule has 0 aromatic carbocycles. The van der Waals surface area contributed by atoms with Crippen LogP contribution in [0.2, 0.25) is 19.6 Å². The molecule has 0 aliphatic heterocycles. The highest BCUT2D eigenvalue weighted by molar-refractivity contribution is 6.69. The molecule has 0 saturated heterocycles. The van der Waals surface area contributed by atoms with Crippen LogP contribution < -0.4 is 0 Å². The Balaban J connectivity index is 1.97. The van der Waals surface area contributed by atoms with E-state index in [-0.39, 0.29) is 12.4 Å². The average Bonchev–Trinajstić information content (AvgIpc) is 2.76. The fourth-order valence-electron chi connectivity index (χ4n) is 2.25. The van der Waals surface area contributed by atoms with Gasteiger partial charge in [0, 0.05) is 12.8 Å². The minimum atomic E-state index is -1.56. The molecule has 1 rings (SSSR count). The summed E-state index contributed by atoms with van der Waals surface area (Å²) in [5, 5.41) is 0. The van der Waals surface area contributed by atoms with Gasteiger partial charge in [-0.25, -0.2) is 0 Å². The number of hydrogen-bond acceptors (Lipinski definition) is 3. The van der Waals surface area contributed by atoms with Crippen LogP contribution in [0.25, 0.3) is 0 Å². The summed E-state index contributed by atoms with van der Waals surface area (Å²) in [5.74, 6) is 0.560. The van der Waals surface area contributed by atoms with Gasteiger partial charge in [-0.15, -0.1) is 0 Å². The number of rotatable bonds is 10. The van der Waals surface area contributed by atoms with Gasteiger partial charge in [0.15, 0.2) is 19.9 Å². The van der Waals surface area contributed by atoms with Crippen LogP contribution in [0.4, 0.5) is 0 Å². The molecule has 1 aliphatic carbocycles. The fraction of sp³-hybridized carbons (Fsp3) is 0.750. The third-order valence-electron chi connectivity index (χ3n) is 3.44. The summed E-state index contributed by atoms with van der Waals surface area (Å²) in [4.78, 5) is 23.0. The SMILES string of the molecule is C[Si](C)(C)OCC(=O)CCCCCCC1=CCCC1=O. The minimum Gasteiger partial charge on any atom is -0.410 e. The van der Waals surface area contributed by atoms with Crippen LogP contribution in [0, 0.1) is 0 Å². The monoisotopic (exact) mass is 296 g/mol. The molecule has 0 aromatic rings. The fourth-order valence-corrected chi connectivity index (χ4v) is 2.85. The van der Waals surface area contributed by atoms with E-state index in [0.29, 0.717) is 18.6 Å². The molecule has 0 radical (unpaired) electrons. The van der Waals surface area contributed by atoms with Gasteiger partial charge < -0.3 is 4.43 Å². The van der Waals surface area contributed by atoms with Gasteiger partial charge in [0.25, 0.3) is 0 Å². The third-order valence-corrected chi connectivity index (χ3v) is 4.45. The lowest BCUT2D eigenvalue weighted by molar-refractivity contribution is -0.121. The lowest BCUT2D eigenvalue weighted by Gasteiger charge is -2.16. The number of carbonyl (C=O) groups excluding carboxylic acids is 2. The molecule has 114 valence electrons. The first-order valence-electron chi connectivity index (χ1n) is 7.76. The molecule has 0 spiro atoms. The van der Waals surface area contributed by atoms with Crippen molar-refractivity contribution in [3.05, 3.63) is 11.6 Å². The molecule has 0 N–H and O–H groups in total. The smallest absolute Gasteiger partial charge is 0.184 e. The molecule has 3 nitrogen and oxygen atoms in total. The van der Waals surface area contributed by atoms with Gasteiger partial charge in [-0.3, -0.25) is 9.59 Å². The zero-order valence-corrected chi connectivity index (χ0v) is 14.2. The van der Waals surface area contributed by atoms with Crippen molar-refractivity contribution in [2.75, 3.05) is 6.61 Å². The number of Topliss-reactive ketones (excluding diaryl/α,β-unsaturated/α-hetero) is 2. The lowest BCUT2D eigenvalue weighted by Crippen LogP contribution is -2.28. The summed E-state index contributed by atoms with van der Waals surface area (Å²) in [6, 6.07) is 0. The quantitative estimate of drug-likeness (QED) is 0.451.